The van der Waals surface area contributed by atoms with E-state index in [9.17, 15) is 26.7 Å². The van der Waals surface area contributed by atoms with E-state index in [1.807, 2.05) is 5.38 Å². The Morgan fingerprint density at radius 2 is 1.92 bits per heavy atom. The molecule has 2 aliphatic rings. The molecule has 1 N–H and O–H groups in total. The van der Waals surface area contributed by atoms with Crippen LogP contribution in [0.5, 0.6) is 0 Å². The monoisotopic (exact) mass is 539 g/mol. The van der Waals surface area contributed by atoms with E-state index in [-0.39, 0.29) is 29.6 Å². The van der Waals surface area contributed by atoms with Crippen molar-refractivity contribution in [3.05, 3.63) is 75.0 Å². The van der Waals surface area contributed by atoms with Crippen molar-refractivity contribution in [2.24, 2.45) is 0 Å². The summed E-state index contributed by atoms with van der Waals surface area (Å²) >= 11 is 1.45. The van der Waals surface area contributed by atoms with Crippen LogP contribution < -0.4 is 5.48 Å². The number of aromatic nitrogens is 3. The van der Waals surface area contributed by atoms with Crippen LogP contribution in [0.3, 0.4) is 0 Å². The van der Waals surface area contributed by atoms with Gasteiger partial charge in [-0.2, -0.15) is 18.3 Å². The number of nitrogens with one attached hydrogen (secondary N) is 1. The molecule has 0 aliphatic carbocycles. The summed E-state index contributed by atoms with van der Waals surface area (Å²) in [5, 5.41) is 6.22. The van der Waals surface area contributed by atoms with Gasteiger partial charge in [0.25, 0.3) is 0 Å². The van der Waals surface area contributed by atoms with E-state index in [4.69, 9.17) is 4.84 Å². The first-order chi connectivity index (χ1) is 17.6. The summed E-state index contributed by atoms with van der Waals surface area (Å²) in [6.45, 7) is 2.13. The molecule has 1 aromatic carbocycles. The van der Waals surface area contributed by atoms with Crippen molar-refractivity contribution in [1.82, 2.24) is 25.1 Å². The van der Waals surface area contributed by atoms with Crippen LogP contribution in [0.1, 0.15) is 52.5 Å². The van der Waals surface area contributed by atoms with Gasteiger partial charge in [-0.25, -0.2) is 13.8 Å². The number of likely N-dealkylation sites (tertiary alicyclic amines) is 1. The Hall–Kier alpha value is -3.32. The maximum absolute atomic E-state index is 14.1. The van der Waals surface area contributed by atoms with Gasteiger partial charge in [-0.1, -0.05) is 6.07 Å². The number of nitrogens with zero attached hydrogens (tertiary/aromatic N) is 4. The molecule has 0 unspecified atom stereocenters. The molecule has 1 saturated heterocycles. The molecule has 196 valence electrons. The largest absolute Gasteiger partial charge is 0.435 e. The highest BCUT2D eigenvalue weighted by Crippen LogP contribution is 2.35. The van der Waals surface area contributed by atoms with Crippen molar-refractivity contribution >= 4 is 22.9 Å². The van der Waals surface area contributed by atoms with Crippen LogP contribution in [0.4, 0.5) is 22.0 Å². The zero-order valence-electron chi connectivity index (χ0n) is 19.6. The van der Waals surface area contributed by atoms with Crippen LogP contribution in [0.2, 0.25) is 0 Å². The fourth-order valence-corrected chi connectivity index (χ4v) is 5.41. The van der Waals surface area contributed by atoms with E-state index in [1.54, 1.807) is 11.0 Å². The third-order valence-corrected chi connectivity index (χ3v) is 7.46. The number of hydrogen-bond acceptors (Lipinski definition) is 6. The van der Waals surface area contributed by atoms with E-state index in [0.717, 1.165) is 15.8 Å². The van der Waals surface area contributed by atoms with Crippen molar-refractivity contribution in [3.63, 3.8) is 0 Å². The van der Waals surface area contributed by atoms with Gasteiger partial charge in [-0.05, 0) is 44.0 Å². The van der Waals surface area contributed by atoms with E-state index < -0.39 is 29.6 Å². The normalized spacial score (nSPS) is 18.7. The van der Waals surface area contributed by atoms with Crippen LogP contribution in [0, 0.1) is 18.6 Å². The minimum atomic E-state index is -4.56. The number of halogens is 5. The van der Waals surface area contributed by atoms with Crippen molar-refractivity contribution in [3.8, 4) is 0 Å². The summed E-state index contributed by atoms with van der Waals surface area (Å²) in [5.41, 5.74) is 2.86. The third kappa shape index (κ3) is 5.23. The number of hydroxylamine groups is 1. The second-order valence-corrected chi connectivity index (χ2v) is 9.80. The fraction of sp³-hybridized carbons (Fsp3) is 0.375. The second-order valence-electron chi connectivity index (χ2n) is 8.91. The van der Waals surface area contributed by atoms with Gasteiger partial charge >= 0.3 is 6.18 Å². The van der Waals surface area contributed by atoms with E-state index in [2.05, 4.69) is 15.6 Å². The number of thiazole rings is 1. The molecular weight excluding hydrogens is 517 g/mol. The molecule has 13 heteroatoms. The van der Waals surface area contributed by atoms with Gasteiger partial charge in [-0.15, -0.1) is 11.3 Å². The molecule has 1 atom stereocenters. The van der Waals surface area contributed by atoms with Crippen LogP contribution >= 0.6 is 11.3 Å². The molecule has 0 saturated carbocycles. The average molecular weight is 540 g/mol. The Morgan fingerprint density at radius 3 is 2.57 bits per heavy atom. The average Bonchev–Trinajstić information content (AvgIpc) is 3.59. The maximum Gasteiger partial charge on any atom is 0.435 e. The molecule has 1 fully saturated rings. The molecule has 7 nitrogen and oxygen atoms in total. The van der Waals surface area contributed by atoms with E-state index >= 15 is 0 Å². The fourth-order valence-electron chi connectivity index (χ4n) is 4.42. The van der Waals surface area contributed by atoms with Crippen molar-refractivity contribution in [2.75, 3.05) is 13.1 Å². The van der Waals surface area contributed by atoms with Crippen molar-refractivity contribution in [1.29, 1.82) is 0 Å². The lowest BCUT2D eigenvalue weighted by Gasteiger charge is -2.31. The molecule has 0 bridgehead atoms. The van der Waals surface area contributed by atoms with Crippen molar-refractivity contribution < 1.29 is 31.6 Å². The highest BCUT2D eigenvalue weighted by Gasteiger charge is 2.35. The first-order valence-electron chi connectivity index (χ1n) is 11.5. The summed E-state index contributed by atoms with van der Waals surface area (Å²) in [6.07, 6.45) is -2.62. The Morgan fingerprint density at radius 1 is 1.22 bits per heavy atom. The third-order valence-electron chi connectivity index (χ3n) is 6.45. The molecule has 0 spiro atoms. The zero-order valence-corrected chi connectivity index (χ0v) is 20.4. The van der Waals surface area contributed by atoms with E-state index in [0.29, 0.717) is 37.3 Å². The molecule has 37 heavy (non-hydrogen) atoms. The number of piperidine rings is 1. The van der Waals surface area contributed by atoms with Crippen LogP contribution in [-0.2, 0) is 22.4 Å². The molecule has 0 radical (unpaired) electrons. The van der Waals surface area contributed by atoms with Gasteiger partial charge in [0.15, 0.2) is 5.69 Å². The summed E-state index contributed by atoms with van der Waals surface area (Å²) in [4.78, 5) is 24.3. The number of carbonyl (C=O) groups excluding carboxylic acids is 1. The van der Waals surface area contributed by atoms with Crippen LogP contribution in [-0.4, -0.2) is 38.7 Å². The predicted octanol–water partition coefficient (Wildman–Crippen LogP) is 4.97. The number of amides is 1. The van der Waals surface area contributed by atoms with E-state index in [1.165, 1.54) is 36.5 Å². The summed E-state index contributed by atoms with van der Waals surface area (Å²) in [7, 11) is 0. The Balaban J connectivity index is 1.19. The minimum Gasteiger partial charge on any atom is -0.341 e. The topological polar surface area (TPSA) is 72.3 Å². The lowest BCUT2D eigenvalue weighted by molar-refractivity contribution is -0.142. The van der Waals surface area contributed by atoms with Crippen LogP contribution in [0.25, 0.3) is 5.70 Å². The van der Waals surface area contributed by atoms with Gasteiger partial charge in [-0.3, -0.25) is 19.8 Å². The summed E-state index contributed by atoms with van der Waals surface area (Å²) in [5.74, 6) is -1.59. The predicted molar refractivity (Wildman–Crippen MR) is 124 cm³/mol. The van der Waals surface area contributed by atoms with Gasteiger partial charge in [0.1, 0.15) is 24.3 Å². The Labute approximate surface area is 212 Å². The molecule has 2 aliphatic heterocycles. The summed E-state index contributed by atoms with van der Waals surface area (Å²) in [6, 6.07) is 4.55. The standard InChI is InChI=1S/C24H22F5N5O2S/c1-13-9-20(24(27,28)29)31-34(13)11-21(35)33-7-5-14(6-8-33)23-30-18(12-37-23)17-10-19(36-32-17)22-15(25)3-2-4-16(22)26/h2-4,9-10,12,14,19,32H,5-8,11H2,1H3/t19-/m1/s1. The van der Waals surface area contributed by atoms with Gasteiger partial charge in [0, 0.05) is 30.1 Å². The maximum atomic E-state index is 14.1. The zero-order chi connectivity index (χ0) is 26.3. The lowest BCUT2D eigenvalue weighted by atomic mass is 9.97. The smallest absolute Gasteiger partial charge is 0.341 e. The number of aryl methyl sites for hydroxylation is 1. The number of hydrogen-bond donors (Lipinski definition) is 1. The Bertz CT molecular complexity index is 1320. The molecule has 5 rings (SSSR count). The lowest BCUT2D eigenvalue weighted by Crippen LogP contribution is -2.40. The number of carbonyl (C=O) groups is 1. The SMILES string of the molecule is Cc1cc(C(F)(F)F)nn1CC(=O)N1CCC(c2nc(C3=C[C@H](c4c(F)cccc4F)ON3)cs2)CC1. The molecular formula is C24H22F5N5O2S. The molecule has 2 aromatic heterocycles. The number of benzene rings is 1. The first-order valence-corrected chi connectivity index (χ1v) is 12.4. The number of rotatable bonds is 5. The quantitative estimate of drug-likeness (QED) is 0.464. The number of alkyl halides is 3. The second kappa shape index (κ2) is 9.86. The van der Waals surface area contributed by atoms with Gasteiger partial charge < -0.3 is 4.90 Å². The van der Waals surface area contributed by atoms with Gasteiger partial charge in [0.2, 0.25) is 5.91 Å². The van der Waals surface area contributed by atoms with Crippen molar-refractivity contribution in [2.45, 2.75) is 44.5 Å². The van der Waals surface area contributed by atoms with Gasteiger partial charge in [0.05, 0.1) is 22.0 Å². The Kier molecular flexibility index (Phi) is 6.75. The van der Waals surface area contributed by atoms with Crippen LogP contribution in [0.15, 0.2) is 35.7 Å². The summed E-state index contributed by atoms with van der Waals surface area (Å²) < 4.78 is 67.9. The first kappa shape index (κ1) is 25.3. The molecule has 1 amide bonds. The minimum absolute atomic E-state index is 0.105. The molecule has 3 aromatic rings. The molecule has 4 heterocycles. The highest BCUT2D eigenvalue weighted by atomic mass is 32.1. The highest BCUT2D eigenvalue weighted by molar-refractivity contribution is 7.09.